The van der Waals surface area contributed by atoms with E-state index in [0.29, 0.717) is 74.7 Å². The summed E-state index contributed by atoms with van der Waals surface area (Å²) in [4.78, 5) is 56.5. The molecule has 0 radical (unpaired) electrons. The SMILES string of the molecule is COc1ccc(C2(C#N)CCN(C(=O)[C@H]3CCCN3CCCOc3cccc4c3CN(C3CCC(=O)NC3=O)C4=O)CC2)cc1OC. The Hall–Kier alpha value is -4.63. The molecule has 3 saturated heterocycles. The van der Waals surface area contributed by atoms with E-state index in [-0.39, 0.29) is 36.7 Å². The number of benzene rings is 2. The Labute approximate surface area is 274 Å². The summed E-state index contributed by atoms with van der Waals surface area (Å²) < 4.78 is 17.0. The Morgan fingerprint density at radius 2 is 1.81 bits per heavy atom. The lowest BCUT2D eigenvalue weighted by atomic mass is 9.74. The first-order chi connectivity index (χ1) is 22.8. The van der Waals surface area contributed by atoms with Crippen LogP contribution in [0.25, 0.3) is 0 Å². The van der Waals surface area contributed by atoms with Gasteiger partial charge in [-0.2, -0.15) is 5.26 Å². The van der Waals surface area contributed by atoms with Gasteiger partial charge in [-0.05, 0) is 74.9 Å². The molecule has 12 nitrogen and oxygen atoms in total. The van der Waals surface area contributed by atoms with Gasteiger partial charge in [0.15, 0.2) is 11.5 Å². The van der Waals surface area contributed by atoms with Crippen molar-refractivity contribution in [1.82, 2.24) is 20.0 Å². The highest BCUT2D eigenvalue weighted by Gasteiger charge is 2.42. The number of imide groups is 1. The highest BCUT2D eigenvalue weighted by atomic mass is 16.5. The van der Waals surface area contributed by atoms with E-state index < -0.39 is 17.4 Å². The van der Waals surface area contributed by atoms with Crippen LogP contribution in [0.4, 0.5) is 0 Å². The van der Waals surface area contributed by atoms with Crippen molar-refractivity contribution in [3.8, 4) is 23.3 Å². The molecule has 248 valence electrons. The molecule has 12 heteroatoms. The molecule has 0 aliphatic carbocycles. The predicted octanol–water partition coefficient (Wildman–Crippen LogP) is 2.78. The molecule has 2 atom stereocenters. The standard InChI is InChI=1S/C35H41N5O7/c1-45-29-11-9-23(20-30(29)46-2)35(22-36)13-17-39(18-14-35)34(44)27-7-4-15-38(27)16-5-19-47-28-8-3-6-24-25(28)21-40(33(24)43)26-10-12-31(41)37-32(26)42/h3,6,8-9,11,20,26-27H,4-5,7,10,12-19,21H2,1-2H3,(H,37,41,42)/t26?,27-/m1/s1. The van der Waals surface area contributed by atoms with Crippen LogP contribution < -0.4 is 19.5 Å². The molecule has 0 spiro atoms. The fraction of sp³-hybridized carbons (Fsp3) is 0.514. The summed E-state index contributed by atoms with van der Waals surface area (Å²) in [5.41, 5.74) is 1.46. The lowest BCUT2D eigenvalue weighted by Gasteiger charge is -2.39. The summed E-state index contributed by atoms with van der Waals surface area (Å²) in [5, 5.41) is 12.6. The first-order valence-corrected chi connectivity index (χ1v) is 16.3. The molecule has 4 aliphatic heterocycles. The molecule has 0 aromatic heterocycles. The molecule has 3 fully saturated rings. The molecule has 4 amide bonds. The summed E-state index contributed by atoms with van der Waals surface area (Å²) in [5.74, 6) is 0.951. The Bertz CT molecular complexity index is 1600. The number of methoxy groups -OCH3 is 2. The van der Waals surface area contributed by atoms with Crippen LogP contribution in [-0.4, -0.2) is 97.4 Å². The van der Waals surface area contributed by atoms with Crippen molar-refractivity contribution in [3.63, 3.8) is 0 Å². The zero-order chi connectivity index (χ0) is 33.1. The second-order valence-electron chi connectivity index (χ2n) is 12.7. The van der Waals surface area contributed by atoms with Crippen LogP contribution in [0.5, 0.6) is 17.2 Å². The molecule has 2 aromatic rings. The van der Waals surface area contributed by atoms with Gasteiger partial charge >= 0.3 is 0 Å². The van der Waals surface area contributed by atoms with Gasteiger partial charge in [-0.15, -0.1) is 0 Å². The summed E-state index contributed by atoms with van der Waals surface area (Å²) in [6.45, 7) is 3.25. The fourth-order valence-corrected chi connectivity index (χ4v) is 7.43. The zero-order valence-corrected chi connectivity index (χ0v) is 27.0. The van der Waals surface area contributed by atoms with Crippen molar-refractivity contribution in [2.75, 3.05) is 47.0 Å². The van der Waals surface area contributed by atoms with Crippen molar-refractivity contribution in [1.29, 1.82) is 5.26 Å². The maximum Gasteiger partial charge on any atom is 0.255 e. The normalized spacial score (nSPS) is 22.4. The van der Waals surface area contributed by atoms with Crippen molar-refractivity contribution in [2.24, 2.45) is 0 Å². The average molecular weight is 644 g/mol. The molecule has 47 heavy (non-hydrogen) atoms. The van der Waals surface area contributed by atoms with Gasteiger partial charge in [-0.3, -0.25) is 29.4 Å². The largest absolute Gasteiger partial charge is 0.493 e. The number of hydrogen-bond donors (Lipinski definition) is 1. The van der Waals surface area contributed by atoms with Crippen LogP contribution in [0.15, 0.2) is 36.4 Å². The van der Waals surface area contributed by atoms with Gasteiger partial charge in [0, 0.05) is 37.2 Å². The maximum absolute atomic E-state index is 13.7. The maximum atomic E-state index is 13.7. The number of nitrogens with zero attached hydrogens (tertiary/aromatic N) is 4. The van der Waals surface area contributed by atoms with Crippen molar-refractivity contribution < 1.29 is 33.4 Å². The monoisotopic (exact) mass is 643 g/mol. The number of carbonyl (C=O) groups excluding carboxylic acids is 4. The summed E-state index contributed by atoms with van der Waals surface area (Å²) in [6.07, 6.45) is 4.08. The third kappa shape index (κ3) is 6.24. The first kappa shape index (κ1) is 32.3. The van der Waals surface area contributed by atoms with Crippen LogP contribution in [-0.2, 0) is 26.3 Å². The Balaban J connectivity index is 1.01. The highest BCUT2D eigenvalue weighted by Crippen LogP contribution is 2.40. The van der Waals surface area contributed by atoms with Gasteiger partial charge in [0.1, 0.15) is 11.8 Å². The molecular formula is C35H41N5O7. The predicted molar refractivity (Wildman–Crippen MR) is 170 cm³/mol. The van der Waals surface area contributed by atoms with Gasteiger partial charge in [-0.1, -0.05) is 12.1 Å². The van der Waals surface area contributed by atoms with E-state index >= 15 is 0 Å². The zero-order valence-electron chi connectivity index (χ0n) is 27.0. The molecule has 2 aromatic carbocycles. The number of rotatable bonds is 10. The van der Waals surface area contributed by atoms with E-state index in [4.69, 9.17) is 14.2 Å². The van der Waals surface area contributed by atoms with Gasteiger partial charge in [-0.25, -0.2) is 0 Å². The summed E-state index contributed by atoms with van der Waals surface area (Å²) >= 11 is 0. The highest BCUT2D eigenvalue weighted by molar-refractivity contribution is 6.05. The van der Waals surface area contributed by atoms with E-state index in [1.54, 1.807) is 26.4 Å². The molecule has 6 rings (SSSR count). The van der Waals surface area contributed by atoms with Crippen LogP contribution in [0.2, 0.25) is 0 Å². The smallest absolute Gasteiger partial charge is 0.255 e. The number of fused-ring (bicyclic) bond motifs is 1. The Kier molecular flexibility index (Phi) is 9.36. The number of hydrogen-bond acceptors (Lipinski definition) is 9. The molecule has 1 unspecified atom stereocenters. The van der Waals surface area contributed by atoms with E-state index in [9.17, 15) is 24.4 Å². The quantitative estimate of drug-likeness (QED) is 0.306. The minimum atomic E-state index is -0.690. The number of piperidine rings is 2. The average Bonchev–Trinajstić information content (AvgIpc) is 3.70. The third-order valence-corrected chi connectivity index (χ3v) is 10.1. The van der Waals surface area contributed by atoms with E-state index in [1.165, 1.54) is 4.90 Å². The summed E-state index contributed by atoms with van der Waals surface area (Å²) in [7, 11) is 3.16. The lowest BCUT2D eigenvalue weighted by Crippen LogP contribution is -2.52. The number of likely N-dealkylation sites (tertiary alicyclic amines) is 2. The summed E-state index contributed by atoms with van der Waals surface area (Å²) in [6, 6.07) is 12.6. The van der Waals surface area contributed by atoms with Crippen molar-refractivity contribution in [2.45, 2.75) is 69.0 Å². The van der Waals surface area contributed by atoms with E-state index in [1.807, 2.05) is 29.2 Å². The molecule has 4 heterocycles. The molecule has 1 N–H and O–H groups in total. The van der Waals surface area contributed by atoms with Crippen molar-refractivity contribution in [3.05, 3.63) is 53.1 Å². The Morgan fingerprint density at radius 1 is 1.02 bits per heavy atom. The number of carbonyl (C=O) groups is 4. The topological polar surface area (TPSA) is 142 Å². The number of nitriles is 1. The van der Waals surface area contributed by atoms with Crippen molar-refractivity contribution >= 4 is 23.6 Å². The second kappa shape index (κ2) is 13.6. The molecule has 0 bridgehead atoms. The number of nitrogens with one attached hydrogen (secondary N) is 1. The number of amides is 4. The van der Waals surface area contributed by atoms with Crippen LogP contribution in [0.1, 0.15) is 66.4 Å². The van der Waals surface area contributed by atoms with E-state index in [0.717, 1.165) is 30.5 Å². The lowest BCUT2D eigenvalue weighted by molar-refractivity contribution is -0.138. The molecule has 4 aliphatic rings. The second-order valence-corrected chi connectivity index (χ2v) is 12.7. The molecular weight excluding hydrogens is 602 g/mol. The third-order valence-electron chi connectivity index (χ3n) is 10.1. The number of ether oxygens (including phenoxy) is 3. The Morgan fingerprint density at radius 3 is 2.53 bits per heavy atom. The van der Waals surface area contributed by atoms with Crippen LogP contribution >= 0.6 is 0 Å². The van der Waals surface area contributed by atoms with Crippen LogP contribution in [0, 0.1) is 11.3 Å². The van der Waals surface area contributed by atoms with Gasteiger partial charge in [0.25, 0.3) is 5.91 Å². The van der Waals surface area contributed by atoms with E-state index in [2.05, 4.69) is 16.3 Å². The van der Waals surface area contributed by atoms with Gasteiger partial charge in [0.05, 0.1) is 44.9 Å². The van der Waals surface area contributed by atoms with Gasteiger partial charge < -0.3 is 24.0 Å². The molecule has 0 saturated carbocycles. The minimum Gasteiger partial charge on any atom is -0.493 e. The minimum absolute atomic E-state index is 0.121. The fourth-order valence-electron chi connectivity index (χ4n) is 7.43. The van der Waals surface area contributed by atoms with Gasteiger partial charge in [0.2, 0.25) is 17.7 Å². The first-order valence-electron chi connectivity index (χ1n) is 16.3. The van der Waals surface area contributed by atoms with Crippen LogP contribution in [0.3, 0.4) is 0 Å².